The van der Waals surface area contributed by atoms with Gasteiger partial charge < -0.3 is 15.2 Å². The van der Waals surface area contributed by atoms with Gasteiger partial charge in [0.05, 0.1) is 12.1 Å². The number of methoxy groups -OCH3 is 1. The molecule has 0 bridgehead atoms. The van der Waals surface area contributed by atoms with Crippen molar-refractivity contribution >= 4 is 23.5 Å². The first-order valence-corrected chi connectivity index (χ1v) is 6.74. The molecule has 1 aromatic rings. The van der Waals surface area contributed by atoms with E-state index >= 15 is 0 Å². The normalized spacial score (nSPS) is 11.8. The molecule has 0 spiro atoms. The highest BCUT2D eigenvalue weighted by atomic mass is 35.5. The number of unbranched alkanes of at least 4 members (excludes halogenated alkanes) is 1. The molecule has 20 heavy (non-hydrogen) atoms. The molecule has 6 heteroatoms. The summed E-state index contributed by atoms with van der Waals surface area (Å²) in [5.74, 6) is -1.11. The Kier molecular flexibility index (Phi) is 6.31. The number of amides is 1. The average Bonchev–Trinajstić information content (AvgIpc) is 2.43. The first-order chi connectivity index (χ1) is 9.49. The van der Waals surface area contributed by atoms with Gasteiger partial charge in [-0.2, -0.15) is 0 Å². The Balaban J connectivity index is 2.80. The average molecular weight is 300 g/mol. The van der Waals surface area contributed by atoms with E-state index in [1.54, 1.807) is 0 Å². The van der Waals surface area contributed by atoms with Crippen LogP contribution in [0.1, 0.15) is 36.5 Å². The zero-order valence-electron chi connectivity index (χ0n) is 11.5. The maximum Gasteiger partial charge on any atom is 0.326 e. The first-order valence-electron chi connectivity index (χ1n) is 6.36. The van der Waals surface area contributed by atoms with Gasteiger partial charge >= 0.3 is 5.97 Å². The zero-order valence-corrected chi connectivity index (χ0v) is 12.2. The molecule has 5 nitrogen and oxygen atoms in total. The summed E-state index contributed by atoms with van der Waals surface area (Å²) in [5.41, 5.74) is 0.314. The molecule has 0 aliphatic heterocycles. The van der Waals surface area contributed by atoms with Crippen LogP contribution in [0.5, 0.6) is 5.75 Å². The van der Waals surface area contributed by atoms with Crippen LogP contribution < -0.4 is 10.1 Å². The van der Waals surface area contributed by atoms with Gasteiger partial charge in [0.15, 0.2) is 0 Å². The van der Waals surface area contributed by atoms with Gasteiger partial charge in [0, 0.05) is 5.56 Å². The summed E-state index contributed by atoms with van der Waals surface area (Å²) in [6.45, 7) is 1.96. The lowest BCUT2D eigenvalue weighted by atomic mass is 10.1. The number of nitrogens with one attached hydrogen (secondary N) is 1. The van der Waals surface area contributed by atoms with Gasteiger partial charge in [-0.05, 0) is 24.6 Å². The van der Waals surface area contributed by atoms with E-state index in [1.807, 2.05) is 6.92 Å². The smallest absolute Gasteiger partial charge is 0.326 e. The highest BCUT2D eigenvalue weighted by Crippen LogP contribution is 2.25. The van der Waals surface area contributed by atoms with Gasteiger partial charge in [0.1, 0.15) is 11.8 Å². The van der Waals surface area contributed by atoms with Crippen LogP contribution in [0.2, 0.25) is 5.02 Å². The molecule has 0 saturated heterocycles. The van der Waals surface area contributed by atoms with Gasteiger partial charge in [-0.3, -0.25) is 4.79 Å². The minimum absolute atomic E-state index is 0.314. The van der Waals surface area contributed by atoms with E-state index in [0.29, 0.717) is 22.8 Å². The van der Waals surface area contributed by atoms with Crippen LogP contribution in [0.25, 0.3) is 0 Å². The summed E-state index contributed by atoms with van der Waals surface area (Å²) in [5, 5.41) is 12.0. The van der Waals surface area contributed by atoms with Gasteiger partial charge in [0.2, 0.25) is 0 Å². The molecule has 0 aliphatic carbocycles. The molecular weight excluding hydrogens is 282 g/mol. The largest absolute Gasteiger partial charge is 0.495 e. The van der Waals surface area contributed by atoms with Gasteiger partial charge in [-0.15, -0.1) is 0 Å². The third kappa shape index (κ3) is 4.42. The van der Waals surface area contributed by atoms with Crippen LogP contribution in [0.4, 0.5) is 0 Å². The van der Waals surface area contributed by atoms with Crippen molar-refractivity contribution in [1.29, 1.82) is 0 Å². The van der Waals surface area contributed by atoms with E-state index < -0.39 is 17.9 Å². The molecule has 2 N–H and O–H groups in total. The lowest BCUT2D eigenvalue weighted by Gasteiger charge is -2.14. The van der Waals surface area contributed by atoms with Crippen LogP contribution in [-0.2, 0) is 4.79 Å². The number of aliphatic carboxylic acids is 1. The molecule has 0 fully saturated rings. The summed E-state index contributed by atoms with van der Waals surface area (Å²) < 4.78 is 5.02. The van der Waals surface area contributed by atoms with E-state index in [4.69, 9.17) is 21.4 Å². The van der Waals surface area contributed by atoms with Crippen molar-refractivity contribution in [2.75, 3.05) is 7.11 Å². The molecule has 0 aliphatic rings. The Labute approximate surface area is 122 Å². The number of hydrogen-bond donors (Lipinski definition) is 2. The number of benzene rings is 1. The van der Waals surface area contributed by atoms with E-state index in [0.717, 1.165) is 12.8 Å². The van der Waals surface area contributed by atoms with Crippen LogP contribution in [0, 0.1) is 0 Å². The Bertz CT molecular complexity index is 490. The maximum absolute atomic E-state index is 12.0. The summed E-state index contributed by atoms with van der Waals surface area (Å²) in [6, 6.07) is 3.66. The van der Waals surface area contributed by atoms with Crippen molar-refractivity contribution in [3.05, 3.63) is 28.8 Å². The van der Waals surface area contributed by atoms with Crippen LogP contribution >= 0.6 is 11.6 Å². The molecular formula is C14H18ClNO4. The third-order valence-electron chi connectivity index (χ3n) is 2.86. The molecule has 1 rings (SSSR count). The van der Waals surface area contributed by atoms with E-state index in [2.05, 4.69) is 5.32 Å². The highest BCUT2D eigenvalue weighted by molar-refractivity contribution is 6.32. The van der Waals surface area contributed by atoms with Crippen LogP contribution in [0.3, 0.4) is 0 Å². The summed E-state index contributed by atoms with van der Waals surface area (Å²) >= 11 is 5.87. The zero-order chi connectivity index (χ0) is 15.1. The van der Waals surface area contributed by atoms with E-state index in [-0.39, 0.29) is 0 Å². The quantitative estimate of drug-likeness (QED) is 0.811. The summed E-state index contributed by atoms with van der Waals surface area (Å²) in [6.07, 6.45) is 2.01. The molecule has 0 aromatic heterocycles. The summed E-state index contributed by atoms with van der Waals surface area (Å²) in [4.78, 5) is 23.1. The summed E-state index contributed by atoms with van der Waals surface area (Å²) in [7, 11) is 1.45. The topological polar surface area (TPSA) is 75.6 Å². The van der Waals surface area contributed by atoms with Crippen LogP contribution in [0.15, 0.2) is 18.2 Å². The predicted octanol–water partition coefficient (Wildman–Crippen LogP) is 2.72. The molecule has 0 saturated carbocycles. The van der Waals surface area contributed by atoms with Crippen molar-refractivity contribution in [2.45, 2.75) is 32.2 Å². The third-order valence-corrected chi connectivity index (χ3v) is 3.18. The Hall–Kier alpha value is -1.75. The Morgan fingerprint density at radius 1 is 1.45 bits per heavy atom. The van der Waals surface area contributed by atoms with E-state index in [9.17, 15) is 9.59 Å². The monoisotopic (exact) mass is 299 g/mol. The number of carboxylic acid groups (broad SMARTS) is 1. The molecule has 1 atom stereocenters. The minimum Gasteiger partial charge on any atom is -0.495 e. The van der Waals surface area contributed by atoms with Crippen LogP contribution in [-0.4, -0.2) is 30.1 Å². The number of halogens is 1. The predicted molar refractivity (Wildman–Crippen MR) is 76.4 cm³/mol. The molecule has 0 unspecified atom stereocenters. The SMILES string of the molecule is CCCC[C@H](NC(=O)c1ccc(Cl)c(OC)c1)C(=O)O. The van der Waals surface area contributed by atoms with Gasteiger partial charge in [0.25, 0.3) is 5.91 Å². The number of hydrogen-bond acceptors (Lipinski definition) is 3. The second-order valence-corrected chi connectivity index (χ2v) is 4.76. The molecule has 0 radical (unpaired) electrons. The lowest BCUT2D eigenvalue weighted by Crippen LogP contribution is -2.40. The van der Waals surface area contributed by atoms with Crippen molar-refractivity contribution in [1.82, 2.24) is 5.32 Å². The maximum atomic E-state index is 12.0. The number of carboxylic acids is 1. The van der Waals surface area contributed by atoms with Gasteiger partial charge in [-0.25, -0.2) is 4.79 Å². The Morgan fingerprint density at radius 2 is 2.15 bits per heavy atom. The second-order valence-electron chi connectivity index (χ2n) is 4.36. The van der Waals surface area contributed by atoms with Crippen molar-refractivity contribution in [2.24, 2.45) is 0 Å². The minimum atomic E-state index is -1.03. The Morgan fingerprint density at radius 3 is 2.70 bits per heavy atom. The van der Waals surface area contributed by atoms with Gasteiger partial charge in [-0.1, -0.05) is 31.4 Å². The molecule has 1 aromatic carbocycles. The molecule has 0 heterocycles. The number of rotatable bonds is 7. The molecule has 110 valence electrons. The fourth-order valence-corrected chi connectivity index (χ4v) is 1.90. The van der Waals surface area contributed by atoms with Crippen molar-refractivity contribution in [3.63, 3.8) is 0 Å². The number of carbonyl (C=O) groups excluding carboxylic acids is 1. The fraction of sp³-hybridized carbons (Fsp3) is 0.429. The van der Waals surface area contributed by atoms with E-state index in [1.165, 1.54) is 25.3 Å². The van der Waals surface area contributed by atoms with Crippen molar-refractivity contribution in [3.8, 4) is 5.75 Å². The highest BCUT2D eigenvalue weighted by Gasteiger charge is 2.20. The standard InChI is InChI=1S/C14H18ClNO4/c1-3-4-5-11(14(18)19)16-13(17)9-6-7-10(15)12(8-9)20-2/h6-8,11H,3-5H2,1-2H3,(H,16,17)(H,18,19)/t11-/m0/s1. The lowest BCUT2D eigenvalue weighted by molar-refractivity contribution is -0.139. The first kappa shape index (κ1) is 16.3. The number of carbonyl (C=O) groups is 2. The second kappa shape index (κ2) is 7.75. The van der Waals surface area contributed by atoms with Crippen molar-refractivity contribution < 1.29 is 19.4 Å². The molecule has 1 amide bonds. The number of ether oxygens (including phenoxy) is 1. The fourth-order valence-electron chi connectivity index (χ4n) is 1.71.